The number of carbonyl (C=O) groups is 1. The number of urea groups is 1. The number of hydrogen-bond acceptors (Lipinski definition) is 4. The van der Waals surface area contributed by atoms with Crippen LogP contribution >= 0.6 is 11.6 Å². The zero-order chi connectivity index (χ0) is 21.7. The Hall–Kier alpha value is -2.99. The summed E-state index contributed by atoms with van der Waals surface area (Å²) in [5.74, 6) is 5.04. The zero-order valence-corrected chi connectivity index (χ0v) is 16.6. The lowest BCUT2D eigenvalue weighted by atomic mass is 9.84. The molecule has 2 amide bonds. The fourth-order valence-corrected chi connectivity index (χ4v) is 3.62. The lowest BCUT2D eigenvalue weighted by molar-refractivity contribution is -0.203. The summed E-state index contributed by atoms with van der Waals surface area (Å²) in [5, 5.41) is 2.62. The van der Waals surface area contributed by atoms with Gasteiger partial charge in [0.15, 0.2) is 0 Å². The van der Waals surface area contributed by atoms with E-state index in [1.54, 1.807) is 6.07 Å². The van der Waals surface area contributed by atoms with E-state index in [1.165, 1.54) is 18.3 Å². The van der Waals surface area contributed by atoms with Crippen molar-refractivity contribution in [2.45, 2.75) is 31.0 Å². The summed E-state index contributed by atoms with van der Waals surface area (Å²) in [5.41, 5.74) is 3.64. The van der Waals surface area contributed by atoms with E-state index >= 15 is 0 Å². The Balaban J connectivity index is 1.86. The van der Waals surface area contributed by atoms with Gasteiger partial charge in [0.25, 0.3) is 0 Å². The molecular formula is C20H17ClF3N5O. The van der Waals surface area contributed by atoms with Crippen molar-refractivity contribution < 1.29 is 18.0 Å². The molecule has 2 heterocycles. The highest BCUT2D eigenvalue weighted by Crippen LogP contribution is 2.49. The molecule has 1 aliphatic carbocycles. The Morgan fingerprint density at radius 1 is 1.40 bits per heavy atom. The van der Waals surface area contributed by atoms with E-state index in [9.17, 15) is 18.0 Å². The first-order valence-electron chi connectivity index (χ1n) is 9.16. The summed E-state index contributed by atoms with van der Waals surface area (Å²) < 4.78 is 43.2. The van der Waals surface area contributed by atoms with Gasteiger partial charge in [-0.3, -0.25) is 4.90 Å². The van der Waals surface area contributed by atoms with Crippen LogP contribution in [0.2, 0.25) is 5.02 Å². The second-order valence-electron chi connectivity index (χ2n) is 7.31. The number of nitrogens with zero attached hydrogens (tertiary/aromatic N) is 3. The van der Waals surface area contributed by atoms with E-state index in [1.807, 2.05) is 0 Å². The maximum Gasteiger partial charge on any atom is 0.427 e. The van der Waals surface area contributed by atoms with Gasteiger partial charge in [-0.2, -0.15) is 13.2 Å². The van der Waals surface area contributed by atoms with Gasteiger partial charge in [-0.1, -0.05) is 23.4 Å². The highest BCUT2D eigenvalue weighted by atomic mass is 35.5. The summed E-state index contributed by atoms with van der Waals surface area (Å²) >= 11 is 6.37. The molecule has 1 aromatic heterocycles. The van der Waals surface area contributed by atoms with Crippen LogP contribution in [0.1, 0.15) is 29.7 Å². The Morgan fingerprint density at radius 3 is 2.77 bits per heavy atom. The van der Waals surface area contributed by atoms with Crippen molar-refractivity contribution in [1.82, 2.24) is 14.9 Å². The molecule has 0 unspecified atom stereocenters. The second-order valence-corrected chi connectivity index (χ2v) is 7.72. The first kappa shape index (κ1) is 20.3. The Bertz CT molecular complexity index is 1090. The molecule has 4 rings (SSSR count). The topological polar surface area (TPSA) is 84.1 Å². The first-order valence-corrected chi connectivity index (χ1v) is 9.54. The van der Waals surface area contributed by atoms with Crippen LogP contribution in [-0.4, -0.2) is 34.1 Å². The number of halogens is 4. The summed E-state index contributed by atoms with van der Waals surface area (Å²) in [7, 11) is 1.08. The smallest absolute Gasteiger partial charge is 0.368 e. The molecule has 1 fully saturated rings. The lowest BCUT2D eigenvalue weighted by Crippen LogP contribution is -2.59. The van der Waals surface area contributed by atoms with E-state index in [0.29, 0.717) is 16.2 Å². The lowest BCUT2D eigenvalue weighted by Gasteiger charge is -2.43. The number of anilines is 2. The molecule has 1 saturated carbocycles. The quantitative estimate of drug-likeness (QED) is 0.699. The number of nitrogen functional groups attached to an aromatic ring is 1. The molecule has 2 aromatic rings. The van der Waals surface area contributed by atoms with Crippen LogP contribution in [0.15, 0.2) is 24.4 Å². The number of benzene rings is 1. The van der Waals surface area contributed by atoms with Gasteiger partial charge in [-0.05, 0) is 36.6 Å². The number of nitrogens with two attached hydrogens (primary N) is 1. The average Bonchev–Trinajstić information content (AvgIpc) is 3.47. The fraction of sp³-hybridized carbons (Fsp3) is 0.350. The normalized spacial score (nSPS) is 20.8. The molecule has 156 valence electrons. The largest absolute Gasteiger partial charge is 0.427 e. The third-order valence-electron chi connectivity index (χ3n) is 5.17. The van der Waals surface area contributed by atoms with Gasteiger partial charge < -0.3 is 11.1 Å². The molecule has 0 radical (unpaired) electrons. The van der Waals surface area contributed by atoms with Crippen LogP contribution in [0.4, 0.5) is 29.6 Å². The first-order chi connectivity index (χ1) is 14.1. The van der Waals surface area contributed by atoms with Crippen molar-refractivity contribution in [3.63, 3.8) is 0 Å². The molecule has 1 atom stereocenters. The van der Waals surface area contributed by atoms with Crippen molar-refractivity contribution in [3.8, 4) is 11.8 Å². The van der Waals surface area contributed by atoms with Gasteiger partial charge >= 0.3 is 12.2 Å². The standard InChI is InChI=1S/C20H17ClF3N5O/c1-29-18(30)28-16-9-12(8-13-5-7-26-17(25)27-13)15(21)10-14(16)19(29,20(22,23)24)6-4-11-2-3-11/h5,7,9-11H,2-3,8H2,1H3,(H,28,30)(H2,25,26,27)/t19-/m0/s1. The van der Waals surface area contributed by atoms with Crippen LogP contribution < -0.4 is 11.1 Å². The van der Waals surface area contributed by atoms with Gasteiger partial charge in [0, 0.05) is 41.9 Å². The van der Waals surface area contributed by atoms with E-state index in [2.05, 4.69) is 27.1 Å². The predicted molar refractivity (Wildman–Crippen MR) is 106 cm³/mol. The van der Waals surface area contributed by atoms with Gasteiger partial charge in [0.05, 0.1) is 5.69 Å². The number of nitrogens with one attached hydrogen (secondary N) is 1. The number of alkyl halides is 3. The van der Waals surface area contributed by atoms with E-state index in [-0.39, 0.29) is 34.6 Å². The van der Waals surface area contributed by atoms with Crippen LogP contribution in [0.3, 0.4) is 0 Å². The Labute approximate surface area is 175 Å². The van der Waals surface area contributed by atoms with E-state index in [0.717, 1.165) is 19.9 Å². The summed E-state index contributed by atoms with van der Waals surface area (Å²) in [6, 6.07) is 3.38. The minimum Gasteiger partial charge on any atom is -0.368 e. The van der Waals surface area contributed by atoms with Crippen LogP contribution in [0.25, 0.3) is 0 Å². The highest BCUT2D eigenvalue weighted by Gasteiger charge is 2.62. The van der Waals surface area contributed by atoms with Crippen molar-refractivity contribution in [1.29, 1.82) is 0 Å². The number of aromatic nitrogens is 2. The molecule has 30 heavy (non-hydrogen) atoms. The van der Waals surface area contributed by atoms with Crippen LogP contribution in [0.5, 0.6) is 0 Å². The molecule has 10 heteroatoms. The average molecular weight is 436 g/mol. The third kappa shape index (κ3) is 3.41. The van der Waals surface area contributed by atoms with Gasteiger partial charge in [-0.15, -0.1) is 0 Å². The van der Waals surface area contributed by atoms with E-state index in [4.69, 9.17) is 17.3 Å². The minimum absolute atomic E-state index is 0.0157. The zero-order valence-electron chi connectivity index (χ0n) is 15.8. The monoisotopic (exact) mass is 435 g/mol. The van der Waals surface area contributed by atoms with Crippen molar-refractivity contribution in [2.75, 3.05) is 18.1 Å². The molecule has 0 spiro atoms. The van der Waals surface area contributed by atoms with Gasteiger partial charge in [-0.25, -0.2) is 14.8 Å². The SMILES string of the molecule is CN1C(=O)Nc2cc(Cc3ccnc(N)n3)c(Cl)cc2[C@@]1(C#CC1CC1)C(F)(F)F. The summed E-state index contributed by atoms with van der Waals surface area (Å²) in [4.78, 5) is 20.9. The molecule has 0 bridgehead atoms. The molecule has 1 aromatic carbocycles. The van der Waals surface area contributed by atoms with Gasteiger partial charge in [0.1, 0.15) is 0 Å². The molecular weight excluding hydrogens is 419 g/mol. The minimum atomic E-state index is -4.83. The molecule has 0 saturated heterocycles. The van der Waals surface area contributed by atoms with Crippen molar-refractivity contribution in [3.05, 3.63) is 46.2 Å². The third-order valence-corrected chi connectivity index (χ3v) is 5.53. The maximum atomic E-state index is 14.4. The van der Waals surface area contributed by atoms with Gasteiger partial charge in [0.2, 0.25) is 11.5 Å². The molecule has 2 aliphatic rings. The summed E-state index contributed by atoms with van der Waals surface area (Å²) in [6.07, 6.45) is -1.64. The highest BCUT2D eigenvalue weighted by molar-refractivity contribution is 6.31. The Morgan fingerprint density at radius 2 is 2.13 bits per heavy atom. The van der Waals surface area contributed by atoms with Crippen LogP contribution in [-0.2, 0) is 12.0 Å². The predicted octanol–water partition coefficient (Wildman–Crippen LogP) is 3.95. The van der Waals surface area contributed by atoms with Crippen LogP contribution in [0, 0.1) is 17.8 Å². The molecule has 1 aliphatic heterocycles. The number of amides is 2. The maximum absolute atomic E-state index is 14.4. The second kappa shape index (κ2) is 7.06. The van der Waals surface area contributed by atoms with Crippen molar-refractivity contribution >= 4 is 29.3 Å². The molecule has 6 nitrogen and oxygen atoms in total. The number of hydrogen-bond donors (Lipinski definition) is 2. The number of carbonyl (C=O) groups excluding carboxylic acids is 1. The molecule has 3 N–H and O–H groups in total. The van der Waals surface area contributed by atoms with Crippen molar-refractivity contribution in [2.24, 2.45) is 5.92 Å². The fourth-order valence-electron chi connectivity index (χ4n) is 3.39. The Kier molecular flexibility index (Phi) is 4.77. The number of rotatable bonds is 2. The van der Waals surface area contributed by atoms with E-state index < -0.39 is 17.7 Å². The number of fused-ring (bicyclic) bond motifs is 1. The summed E-state index contributed by atoms with van der Waals surface area (Å²) in [6.45, 7) is 0.